The Balaban J connectivity index is 2.14. The van der Waals surface area contributed by atoms with Crippen molar-refractivity contribution in [3.05, 3.63) is 63.9 Å². The molecule has 0 aliphatic rings. The van der Waals surface area contributed by atoms with Gasteiger partial charge in [-0.05, 0) is 57.4 Å². The van der Waals surface area contributed by atoms with Gasteiger partial charge in [-0.15, -0.1) is 0 Å². The maximum atomic E-state index is 13.1. The van der Waals surface area contributed by atoms with Crippen molar-refractivity contribution in [1.82, 2.24) is 14.5 Å². The van der Waals surface area contributed by atoms with Gasteiger partial charge in [0.25, 0.3) is 5.56 Å². The first-order valence-corrected chi connectivity index (χ1v) is 9.40. The zero-order valence-electron chi connectivity index (χ0n) is 14.4. The fourth-order valence-electron chi connectivity index (χ4n) is 2.37. The maximum absolute atomic E-state index is 13.1. The molecule has 0 aliphatic carbocycles. The number of fused-ring (bicyclic) bond motifs is 1. The van der Waals surface area contributed by atoms with Crippen LogP contribution in [0, 0.1) is 0 Å². The fourth-order valence-corrected chi connectivity index (χ4v) is 3.67. The zero-order valence-corrected chi connectivity index (χ0v) is 16.0. The number of rotatable bonds is 5. The molecule has 0 saturated carbocycles. The first kappa shape index (κ1) is 18.0. The van der Waals surface area contributed by atoms with Gasteiger partial charge in [-0.25, -0.2) is 4.98 Å². The molecule has 0 N–H and O–H groups in total. The van der Waals surface area contributed by atoms with Crippen LogP contribution in [0.15, 0.2) is 58.5 Å². The molecule has 0 fully saturated rings. The quantitative estimate of drug-likeness (QED) is 0.499. The number of hydrogen-bond acceptors (Lipinski definition) is 4. The van der Waals surface area contributed by atoms with Gasteiger partial charge in [0.1, 0.15) is 0 Å². The van der Waals surface area contributed by atoms with Gasteiger partial charge < -0.3 is 4.90 Å². The monoisotopic (exact) mass is 373 g/mol. The summed E-state index contributed by atoms with van der Waals surface area (Å²) < 4.78 is 1.67. The highest BCUT2D eigenvalue weighted by Crippen LogP contribution is 2.23. The van der Waals surface area contributed by atoms with Gasteiger partial charge in [-0.3, -0.25) is 9.36 Å². The van der Waals surface area contributed by atoms with Crippen LogP contribution in [-0.2, 0) is 0 Å². The molecular weight excluding hydrogens is 354 g/mol. The van der Waals surface area contributed by atoms with Crippen LogP contribution in [0.25, 0.3) is 16.6 Å². The third-order valence-electron chi connectivity index (χ3n) is 4.16. The SMILES string of the molecule is C[C@@H](CSc1nc2ccccc2c(=O)n1-c1ccc(Cl)cc1)N(C)C. The van der Waals surface area contributed by atoms with Gasteiger partial charge in [0.2, 0.25) is 0 Å². The lowest BCUT2D eigenvalue weighted by molar-refractivity contribution is 0.340. The lowest BCUT2D eigenvalue weighted by atomic mass is 10.2. The van der Waals surface area contributed by atoms with Crippen LogP contribution in [0.3, 0.4) is 0 Å². The topological polar surface area (TPSA) is 38.1 Å². The number of nitrogens with zero attached hydrogens (tertiary/aromatic N) is 3. The number of hydrogen-bond donors (Lipinski definition) is 0. The van der Waals surface area contributed by atoms with E-state index in [1.165, 1.54) is 0 Å². The van der Waals surface area contributed by atoms with Crippen molar-refractivity contribution in [2.75, 3.05) is 19.8 Å². The molecule has 3 rings (SSSR count). The Morgan fingerprint density at radius 1 is 1.16 bits per heavy atom. The molecule has 0 bridgehead atoms. The molecule has 6 heteroatoms. The van der Waals surface area contributed by atoms with Crippen LogP contribution in [-0.4, -0.2) is 40.3 Å². The molecule has 130 valence electrons. The predicted octanol–water partition coefficient (Wildman–Crippen LogP) is 4.08. The third-order valence-corrected chi connectivity index (χ3v) is 5.60. The Labute approximate surface area is 156 Å². The van der Waals surface area contributed by atoms with Crippen molar-refractivity contribution in [3.8, 4) is 5.69 Å². The predicted molar refractivity (Wildman–Crippen MR) is 106 cm³/mol. The van der Waals surface area contributed by atoms with Crippen LogP contribution in [0.2, 0.25) is 5.02 Å². The Hall–Kier alpha value is -1.82. The Morgan fingerprint density at radius 2 is 1.84 bits per heavy atom. The standard InChI is InChI=1S/C19H20ClN3OS/c1-13(22(2)3)12-25-19-21-17-7-5-4-6-16(17)18(24)23(19)15-10-8-14(20)9-11-15/h4-11,13H,12H2,1-3H3/t13-/m0/s1. The molecule has 2 aromatic carbocycles. The van der Waals surface area contributed by atoms with Crippen LogP contribution in [0.5, 0.6) is 0 Å². The fraction of sp³-hybridized carbons (Fsp3) is 0.263. The summed E-state index contributed by atoms with van der Waals surface area (Å²) in [4.78, 5) is 20.0. The number of halogens is 1. The van der Waals surface area contributed by atoms with E-state index in [2.05, 4.69) is 11.8 Å². The van der Waals surface area contributed by atoms with E-state index in [-0.39, 0.29) is 5.56 Å². The minimum Gasteiger partial charge on any atom is -0.306 e. The van der Waals surface area contributed by atoms with Crippen molar-refractivity contribution in [2.24, 2.45) is 0 Å². The molecular formula is C19H20ClN3OS. The molecule has 1 aromatic heterocycles. The van der Waals surface area contributed by atoms with E-state index in [0.717, 1.165) is 17.0 Å². The highest BCUT2D eigenvalue weighted by atomic mass is 35.5. The number of benzene rings is 2. The highest BCUT2D eigenvalue weighted by Gasteiger charge is 2.15. The summed E-state index contributed by atoms with van der Waals surface area (Å²) in [5.74, 6) is 0.839. The van der Waals surface area contributed by atoms with Crippen molar-refractivity contribution in [2.45, 2.75) is 18.1 Å². The molecule has 0 aliphatic heterocycles. The zero-order chi connectivity index (χ0) is 18.0. The smallest absolute Gasteiger partial charge is 0.266 e. The van der Waals surface area contributed by atoms with Gasteiger partial charge in [-0.2, -0.15) is 0 Å². The van der Waals surface area contributed by atoms with Crippen LogP contribution >= 0.6 is 23.4 Å². The van der Waals surface area contributed by atoms with Crippen molar-refractivity contribution >= 4 is 34.3 Å². The van der Waals surface area contributed by atoms with Gasteiger partial charge in [0, 0.05) is 16.8 Å². The third kappa shape index (κ3) is 3.89. The normalized spacial score (nSPS) is 12.7. The minimum absolute atomic E-state index is 0.0621. The van der Waals surface area contributed by atoms with Crippen LogP contribution in [0.4, 0.5) is 0 Å². The summed E-state index contributed by atoms with van der Waals surface area (Å²) in [5.41, 5.74) is 1.43. The molecule has 4 nitrogen and oxygen atoms in total. The van der Waals surface area contributed by atoms with E-state index in [9.17, 15) is 4.79 Å². The van der Waals surface area contributed by atoms with Crippen LogP contribution in [0.1, 0.15) is 6.92 Å². The molecule has 3 aromatic rings. The van der Waals surface area contributed by atoms with Crippen molar-refractivity contribution in [3.63, 3.8) is 0 Å². The Morgan fingerprint density at radius 3 is 2.52 bits per heavy atom. The van der Waals surface area contributed by atoms with E-state index < -0.39 is 0 Å². The second-order valence-corrected chi connectivity index (χ2v) is 7.58. The summed E-state index contributed by atoms with van der Waals surface area (Å²) in [6, 6.07) is 15.1. The summed E-state index contributed by atoms with van der Waals surface area (Å²) in [6.07, 6.45) is 0. The van der Waals surface area contributed by atoms with E-state index in [1.54, 1.807) is 28.5 Å². The van der Waals surface area contributed by atoms with Gasteiger partial charge in [-0.1, -0.05) is 35.5 Å². The molecule has 0 unspecified atom stereocenters. The largest absolute Gasteiger partial charge is 0.306 e. The summed E-state index contributed by atoms with van der Waals surface area (Å²) in [5, 5.41) is 1.95. The summed E-state index contributed by atoms with van der Waals surface area (Å²) >= 11 is 7.59. The Bertz CT molecular complexity index is 938. The molecule has 0 saturated heterocycles. The average Bonchev–Trinajstić information content (AvgIpc) is 2.61. The average molecular weight is 374 g/mol. The van der Waals surface area contributed by atoms with Gasteiger partial charge in [0.15, 0.2) is 5.16 Å². The van der Waals surface area contributed by atoms with E-state index in [1.807, 2.05) is 50.5 Å². The number of thioether (sulfide) groups is 1. The van der Waals surface area contributed by atoms with E-state index in [4.69, 9.17) is 16.6 Å². The van der Waals surface area contributed by atoms with E-state index >= 15 is 0 Å². The van der Waals surface area contributed by atoms with Crippen molar-refractivity contribution < 1.29 is 0 Å². The van der Waals surface area contributed by atoms with Crippen LogP contribution < -0.4 is 5.56 Å². The molecule has 1 heterocycles. The molecule has 1 atom stereocenters. The first-order chi connectivity index (χ1) is 12.0. The van der Waals surface area contributed by atoms with Gasteiger partial charge in [0.05, 0.1) is 16.6 Å². The second kappa shape index (κ2) is 7.60. The van der Waals surface area contributed by atoms with Crippen molar-refractivity contribution in [1.29, 1.82) is 0 Å². The summed E-state index contributed by atoms with van der Waals surface area (Å²) in [7, 11) is 4.09. The summed E-state index contributed by atoms with van der Waals surface area (Å²) in [6.45, 7) is 2.15. The highest BCUT2D eigenvalue weighted by molar-refractivity contribution is 7.99. The molecule has 25 heavy (non-hydrogen) atoms. The first-order valence-electron chi connectivity index (χ1n) is 8.04. The molecule has 0 amide bonds. The van der Waals surface area contributed by atoms with Gasteiger partial charge >= 0.3 is 0 Å². The van der Waals surface area contributed by atoms with E-state index in [0.29, 0.717) is 21.6 Å². The molecule has 0 spiro atoms. The molecule has 0 radical (unpaired) electrons. The lowest BCUT2D eigenvalue weighted by Gasteiger charge is -2.20. The number of para-hydroxylation sites is 1. The number of aromatic nitrogens is 2. The maximum Gasteiger partial charge on any atom is 0.266 e. The lowest BCUT2D eigenvalue weighted by Crippen LogP contribution is -2.28. The Kier molecular flexibility index (Phi) is 5.47. The second-order valence-electron chi connectivity index (χ2n) is 6.15. The minimum atomic E-state index is -0.0621.